The first-order valence-corrected chi connectivity index (χ1v) is 7.45. The van der Waals surface area contributed by atoms with Crippen molar-refractivity contribution in [2.45, 2.75) is 26.4 Å². The Morgan fingerprint density at radius 3 is 2.29 bits per heavy atom. The molecule has 0 saturated heterocycles. The molecule has 2 rings (SSSR count). The van der Waals surface area contributed by atoms with Crippen LogP contribution in [0.1, 0.15) is 24.5 Å². The number of benzene rings is 2. The van der Waals surface area contributed by atoms with E-state index in [1.807, 2.05) is 30.3 Å². The lowest BCUT2D eigenvalue weighted by Crippen LogP contribution is -1.97. The van der Waals surface area contributed by atoms with Crippen molar-refractivity contribution >= 4 is 29.0 Å². The van der Waals surface area contributed by atoms with Gasteiger partial charge in [0.15, 0.2) is 0 Å². The molecule has 4 heteroatoms. The van der Waals surface area contributed by atoms with Gasteiger partial charge in [0.2, 0.25) is 0 Å². The second-order valence-electron chi connectivity index (χ2n) is 4.88. The minimum atomic E-state index is 0.204. The molecular formula is C17H16Cl2O2. The molecule has 0 aliphatic heterocycles. The fourth-order valence-corrected chi connectivity index (χ4v) is 2.19. The summed E-state index contributed by atoms with van der Waals surface area (Å²) in [6.45, 7) is 2.04. The summed E-state index contributed by atoms with van der Waals surface area (Å²) in [4.78, 5) is 10.9. The molecule has 2 nitrogen and oxygen atoms in total. The first kappa shape index (κ1) is 15.9. The molecule has 2 aromatic carbocycles. The van der Waals surface area contributed by atoms with E-state index in [0.29, 0.717) is 23.1 Å². The minimum Gasteiger partial charge on any atom is -0.489 e. The van der Waals surface area contributed by atoms with E-state index >= 15 is 0 Å². The number of rotatable bonds is 6. The van der Waals surface area contributed by atoms with Gasteiger partial charge in [-0.25, -0.2) is 0 Å². The molecule has 0 aliphatic rings. The summed E-state index contributed by atoms with van der Waals surface area (Å²) in [5.74, 6) is 0.989. The predicted molar refractivity (Wildman–Crippen MR) is 86.2 cm³/mol. The van der Waals surface area contributed by atoms with E-state index in [1.165, 1.54) is 0 Å². The van der Waals surface area contributed by atoms with Crippen LogP contribution in [0.4, 0.5) is 0 Å². The van der Waals surface area contributed by atoms with Crippen molar-refractivity contribution in [3.8, 4) is 5.75 Å². The largest absolute Gasteiger partial charge is 0.489 e. The van der Waals surface area contributed by atoms with E-state index in [-0.39, 0.29) is 5.78 Å². The van der Waals surface area contributed by atoms with Crippen LogP contribution >= 0.6 is 23.2 Å². The maximum absolute atomic E-state index is 10.9. The summed E-state index contributed by atoms with van der Waals surface area (Å²) < 4.78 is 5.70. The summed E-state index contributed by atoms with van der Waals surface area (Å²) >= 11 is 11.8. The highest BCUT2D eigenvalue weighted by Crippen LogP contribution is 2.23. The molecule has 2 aromatic rings. The van der Waals surface area contributed by atoms with Gasteiger partial charge in [-0.2, -0.15) is 0 Å². The third kappa shape index (κ3) is 5.07. The third-order valence-electron chi connectivity index (χ3n) is 3.08. The lowest BCUT2D eigenvalue weighted by Gasteiger charge is -2.08. The van der Waals surface area contributed by atoms with Crippen LogP contribution in [0.15, 0.2) is 42.5 Å². The van der Waals surface area contributed by atoms with Gasteiger partial charge in [0.05, 0.1) is 10.0 Å². The van der Waals surface area contributed by atoms with Gasteiger partial charge in [0.25, 0.3) is 0 Å². The van der Waals surface area contributed by atoms with E-state index in [0.717, 1.165) is 23.3 Å². The number of Topliss-reactive ketones (excluding diaryl/α,β-unsaturated/α-hetero) is 1. The highest BCUT2D eigenvalue weighted by Gasteiger charge is 2.02. The number of carbonyl (C=O) groups is 1. The molecule has 0 fully saturated rings. The Morgan fingerprint density at radius 1 is 1.00 bits per heavy atom. The molecule has 110 valence electrons. The molecule has 0 atom stereocenters. The van der Waals surface area contributed by atoms with Crippen molar-refractivity contribution in [2.24, 2.45) is 0 Å². The number of carbonyl (C=O) groups excluding carboxylic acids is 1. The quantitative estimate of drug-likeness (QED) is 0.740. The zero-order valence-electron chi connectivity index (χ0n) is 11.7. The molecule has 0 spiro atoms. The summed E-state index contributed by atoms with van der Waals surface area (Å²) in [7, 11) is 0. The van der Waals surface area contributed by atoms with Crippen molar-refractivity contribution in [1.82, 2.24) is 0 Å². The highest BCUT2D eigenvalue weighted by atomic mass is 35.5. The average Bonchev–Trinajstić information content (AvgIpc) is 2.47. The highest BCUT2D eigenvalue weighted by molar-refractivity contribution is 6.42. The Morgan fingerprint density at radius 2 is 1.67 bits per heavy atom. The predicted octanol–water partition coefficient (Wildman–Crippen LogP) is 5.09. The Balaban J connectivity index is 1.91. The van der Waals surface area contributed by atoms with Gasteiger partial charge in [-0.3, -0.25) is 0 Å². The van der Waals surface area contributed by atoms with Gasteiger partial charge < -0.3 is 9.53 Å². The molecule has 0 N–H and O–H groups in total. The summed E-state index contributed by atoms with van der Waals surface area (Å²) in [5.41, 5.74) is 2.09. The molecule has 0 amide bonds. The van der Waals surface area contributed by atoms with Crippen molar-refractivity contribution < 1.29 is 9.53 Å². The first-order chi connectivity index (χ1) is 10.0. The SMILES string of the molecule is CC(=O)CCc1ccc(OCc2ccc(Cl)c(Cl)c2)cc1. The van der Waals surface area contributed by atoms with E-state index in [1.54, 1.807) is 19.1 Å². The van der Waals surface area contributed by atoms with Crippen molar-refractivity contribution in [1.29, 1.82) is 0 Å². The van der Waals surface area contributed by atoms with E-state index < -0.39 is 0 Å². The fourth-order valence-electron chi connectivity index (χ4n) is 1.87. The zero-order valence-corrected chi connectivity index (χ0v) is 13.2. The van der Waals surface area contributed by atoms with Gasteiger partial charge >= 0.3 is 0 Å². The third-order valence-corrected chi connectivity index (χ3v) is 3.82. The van der Waals surface area contributed by atoms with Crippen LogP contribution in [0.5, 0.6) is 5.75 Å². The number of ether oxygens (including phenoxy) is 1. The van der Waals surface area contributed by atoms with Crippen molar-refractivity contribution in [2.75, 3.05) is 0 Å². The summed E-state index contributed by atoms with van der Waals surface area (Å²) in [5, 5.41) is 1.06. The van der Waals surface area contributed by atoms with E-state index in [4.69, 9.17) is 27.9 Å². The Kier molecular flexibility index (Phi) is 5.66. The molecule has 0 heterocycles. The standard InChI is InChI=1S/C17H16Cl2O2/c1-12(20)2-3-13-4-7-15(8-5-13)21-11-14-6-9-16(18)17(19)10-14/h4-10H,2-3,11H2,1H3. The second kappa shape index (κ2) is 7.48. The van der Waals surface area contributed by atoms with Gasteiger partial charge in [0.1, 0.15) is 18.1 Å². The number of aryl methyl sites for hydroxylation is 1. The van der Waals surface area contributed by atoms with Crippen molar-refractivity contribution in [3.63, 3.8) is 0 Å². The van der Waals surface area contributed by atoms with Crippen LogP contribution in [0.2, 0.25) is 10.0 Å². The number of halogens is 2. The first-order valence-electron chi connectivity index (χ1n) is 6.69. The van der Waals surface area contributed by atoms with Crippen LogP contribution in [-0.2, 0) is 17.8 Å². The van der Waals surface area contributed by atoms with Gasteiger partial charge in [-0.15, -0.1) is 0 Å². The van der Waals surface area contributed by atoms with Gasteiger partial charge in [-0.05, 0) is 48.7 Å². The number of hydrogen-bond donors (Lipinski definition) is 0. The van der Waals surface area contributed by atoms with Crippen LogP contribution in [-0.4, -0.2) is 5.78 Å². The maximum Gasteiger partial charge on any atom is 0.130 e. The molecule has 0 unspecified atom stereocenters. The average molecular weight is 323 g/mol. The molecule has 0 aliphatic carbocycles. The Hall–Kier alpha value is -1.51. The van der Waals surface area contributed by atoms with Crippen LogP contribution in [0.3, 0.4) is 0 Å². The number of ketones is 1. The second-order valence-corrected chi connectivity index (χ2v) is 5.70. The number of hydrogen-bond acceptors (Lipinski definition) is 2. The smallest absolute Gasteiger partial charge is 0.130 e. The van der Waals surface area contributed by atoms with Crippen LogP contribution in [0, 0.1) is 0 Å². The summed E-state index contributed by atoms with van der Waals surface area (Å²) in [6.07, 6.45) is 1.34. The summed E-state index contributed by atoms with van der Waals surface area (Å²) in [6, 6.07) is 13.2. The fraction of sp³-hybridized carbons (Fsp3) is 0.235. The van der Waals surface area contributed by atoms with E-state index in [9.17, 15) is 4.79 Å². The Bertz CT molecular complexity index is 621. The van der Waals surface area contributed by atoms with Gasteiger partial charge in [0, 0.05) is 6.42 Å². The molecule has 21 heavy (non-hydrogen) atoms. The van der Waals surface area contributed by atoms with Crippen LogP contribution < -0.4 is 4.74 Å². The lowest BCUT2D eigenvalue weighted by atomic mass is 10.1. The molecular weight excluding hydrogens is 307 g/mol. The Labute approximate surface area is 134 Å². The molecule has 0 radical (unpaired) electrons. The topological polar surface area (TPSA) is 26.3 Å². The molecule has 0 saturated carbocycles. The van der Waals surface area contributed by atoms with Gasteiger partial charge in [-0.1, -0.05) is 41.4 Å². The van der Waals surface area contributed by atoms with Crippen LogP contribution in [0.25, 0.3) is 0 Å². The maximum atomic E-state index is 10.9. The van der Waals surface area contributed by atoms with Crippen molar-refractivity contribution in [3.05, 3.63) is 63.6 Å². The normalized spacial score (nSPS) is 10.4. The minimum absolute atomic E-state index is 0.204. The zero-order chi connectivity index (χ0) is 15.2. The van der Waals surface area contributed by atoms with E-state index in [2.05, 4.69) is 0 Å². The molecule has 0 bridgehead atoms. The lowest BCUT2D eigenvalue weighted by molar-refractivity contribution is -0.116. The monoisotopic (exact) mass is 322 g/mol. The molecule has 0 aromatic heterocycles.